The number of pyridine rings is 1. The third kappa shape index (κ3) is 2.20. The van der Waals surface area contributed by atoms with E-state index in [9.17, 15) is 4.79 Å². The fourth-order valence-electron chi connectivity index (χ4n) is 1.96. The molecule has 0 radical (unpaired) electrons. The van der Waals surface area contributed by atoms with Crippen LogP contribution in [-0.4, -0.2) is 11.4 Å². The van der Waals surface area contributed by atoms with E-state index in [1.807, 2.05) is 19.2 Å². The van der Waals surface area contributed by atoms with E-state index < -0.39 is 0 Å². The molecule has 3 nitrogen and oxygen atoms in total. The highest BCUT2D eigenvalue weighted by molar-refractivity contribution is 9.10. The number of hydrogen-bond acceptors (Lipinski definition) is 3. The predicted molar refractivity (Wildman–Crippen MR) is 79.1 cm³/mol. The Balaban J connectivity index is 2.78. The van der Waals surface area contributed by atoms with E-state index in [0.717, 1.165) is 32.7 Å². The van der Waals surface area contributed by atoms with Gasteiger partial charge >= 0.3 is 0 Å². The van der Waals surface area contributed by atoms with Gasteiger partial charge in [0.05, 0.1) is 17.1 Å². The largest absolute Gasteiger partial charge is 0.327 e. The van der Waals surface area contributed by atoms with E-state index in [1.165, 1.54) is 4.88 Å². The molecule has 18 heavy (non-hydrogen) atoms. The Hall–Kier alpha value is -1.20. The summed E-state index contributed by atoms with van der Waals surface area (Å²) in [5.41, 5.74) is 4.65. The van der Waals surface area contributed by atoms with Gasteiger partial charge in [-0.05, 0) is 53.7 Å². The molecule has 2 aromatic rings. The van der Waals surface area contributed by atoms with Gasteiger partial charge in [-0.1, -0.05) is 0 Å². The number of aromatic nitrogens is 1. The summed E-state index contributed by atoms with van der Waals surface area (Å²) >= 11 is 5.27. The van der Waals surface area contributed by atoms with Gasteiger partial charge in [-0.2, -0.15) is 0 Å². The second-order valence-corrected chi connectivity index (χ2v) is 5.91. The van der Waals surface area contributed by atoms with Crippen LogP contribution in [-0.2, 0) is 4.79 Å². The SMILES string of the molecule is Cc1nc(C)c(NC=O)c(-c2ccsc2C)c1Br. The molecule has 0 bridgehead atoms. The highest BCUT2D eigenvalue weighted by Crippen LogP contribution is 2.40. The number of halogens is 1. The molecule has 0 fully saturated rings. The van der Waals surface area contributed by atoms with Gasteiger partial charge in [0.15, 0.2) is 0 Å². The van der Waals surface area contributed by atoms with E-state index in [2.05, 4.69) is 39.2 Å². The summed E-state index contributed by atoms with van der Waals surface area (Å²) in [5, 5.41) is 4.81. The lowest BCUT2D eigenvalue weighted by molar-refractivity contribution is -0.105. The van der Waals surface area contributed by atoms with E-state index >= 15 is 0 Å². The quantitative estimate of drug-likeness (QED) is 0.865. The lowest BCUT2D eigenvalue weighted by atomic mass is 10.0. The molecule has 1 N–H and O–H groups in total. The van der Waals surface area contributed by atoms with Crippen molar-refractivity contribution < 1.29 is 4.79 Å². The van der Waals surface area contributed by atoms with Crippen molar-refractivity contribution in [1.29, 1.82) is 0 Å². The van der Waals surface area contributed by atoms with Crippen LogP contribution in [0.3, 0.4) is 0 Å². The zero-order chi connectivity index (χ0) is 13.3. The van der Waals surface area contributed by atoms with Crippen LogP contribution >= 0.6 is 27.3 Å². The molecule has 1 amide bonds. The molecular weight excluding hydrogens is 312 g/mol. The predicted octanol–water partition coefficient (Wildman–Crippen LogP) is 4.07. The summed E-state index contributed by atoms with van der Waals surface area (Å²) < 4.78 is 0.930. The molecule has 0 aliphatic carbocycles. The van der Waals surface area contributed by atoms with Gasteiger partial charge in [0.1, 0.15) is 0 Å². The van der Waals surface area contributed by atoms with Crippen molar-refractivity contribution in [1.82, 2.24) is 4.98 Å². The number of nitrogens with zero attached hydrogens (tertiary/aromatic N) is 1. The van der Waals surface area contributed by atoms with Crippen LogP contribution in [0.2, 0.25) is 0 Å². The summed E-state index contributed by atoms with van der Waals surface area (Å²) in [5.74, 6) is 0. The molecule has 0 aromatic carbocycles. The Morgan fingerprint density at radius 1 is 1.33 bits per heavy atom. The summed E-state index contributed by atoms with van der Waals surface area (Å²) in [6.45, 7) is 5.92. The Bertz CT molecular complexity index is 607. The summed E-state index contributed by atoms with van der Waals surface area (Å²) in [4.78, 5) is 16.4. The smallest absolute Gasteiger partial charge is 0.211 e. The van der Waals surface area contributed by atoms with Crippen molar-refractivity contribution in [3.8, 4) is 11.1 Å². The molecule has 0 spiro atoms. The Morgan fingerprint density at radius 2 is 2.06 bits per heavy atom. The molecule has 0 saturated carbocycles. The molecule has 0 aliphatic rings. The van der Waals surface area contributed by atoms with Gasteiger partial charge in [-0.15, -0.1) is 11.3 Å². The zero-order valence-corrected chi connectivity index (χ0v) is 12.8. The van der Waals surface area contributed by atoms with Crippen LogP contribution < -0.4 is 5.32 Å². The standard InChI is InChI=1S/C13H13BrN2OS/c1-7-12(14)11(10-4-5-18-9(10)3)13(15-6-17)8(2)16-7/h4-6H,1-3H3,(H,15,17). The fourth-order valence-corrected chi connectivity index (χ4v) is 3.17. The summed E-state index contributed by atoms with van der Waals surface area (Å²) in [6, 6.07) is 2.06. The molecule has 2 aromatic heterocycles. The van der Waals surface area contributed by atoms with Gasteiger partial charge in [0.2, 0.25) is 6.41 Å². The average molecular weight is 325 g/mol. The maximum atomic E-state index is 10.8. The number of thiophene rings is 1. The number of anilines is 1. The van der Waals surface area contributed by atoms with Crippen molar-refractivity contribution in [2.75, 3.05) is 5.32 Å². The van der Waals surface area contributed by atoms with Crippen LogP contribution in [0.5, 0.6) is 0 Å². The molecule has 0 saturated heterocycles. The Morgan fingerprint density at radius 3 is 2.61 bits per heavy atom. The molecule has 2 rings (SSSR count). The number of nitrogens with one attached hydrogen (secondary N) is 1. The number of hydrogen-bond donors (Lipinski definition) is 1. The zero-order valence-electron chi connectivity index (χ0n) is 10.4. The van der Waals surface area contributed by atoms with Crippen LogP contribution in [0.15, 0.2) is 15.9 Å². The first-order valence-corrected chi connectivity index (χ1v) is 7.15. The third-order valence-electron chi connectivity index (χ3n) is 2.82. The van der Waals surface area contributed by atoms with Crippen LogP contribution in [0.25, 0.3) is 11.1 Å². The minimum Gasteiger partial charge on any atom is -0.327 e. The van der Waals surface area contributed by atoms with Gasteiger partial charge in [-0.3, -0.25) is 9.78 Å². The van der Waals surface area contributed by atoms with Gasteiger partial charge < -0.3 is 5.32 Å². The number of carbonyl (C=O) groups is 1. The van der Waals surface area contributed by atoms with E-state index in [1.54, 1.807) is 11.3 Å². The molecule has 0 aliphatic heterocycles. The minimum atomic E-state index is 0.691. The average Bonchev–Trinajstić information content (AvgIpc) is 2.73. The van der Waals surface area contributed by atoms with Crippen molar-refractivity contribution in [2.45, 2.75) is 20.8 Å². The van der Waals surface area contributed by atoms with Crippen LogP contribution in [0, 0.1) is 20.8 Å². The molecule has 5 heteroatoms. The monoisotopic (exact) mass is 324 g/mol. The fraction of sp³-hybridized carbons (Fsp3) is 0.231. The lowest BCUT2D eigenvalue weighted by Crippen LogP contribution is -2.03. The number of amides is 1. The Labute approximate surface area is 118 Å². The Kier molecular flexibility index (Phi) is 3.82. The van der Waals surface area contributed by atoms with Crippen LogP contribution in [0.4, 0.5) is 5.69 Å². The van der Waals surface area contributed by atoms with Crippen LogP contribution in [0.1, 0.15) is 16.3 Å². The highest BCUT2D eigenvalue weighted by atomic mass is 79.9. The molecular formula is C13H13BrN2OS. The first-order chi connectivity index (χ1) is 8.56. The van der Waals surface area contributed by atoms with E-state index in [4.69, 9.17) is 0 Å². The van der Waals surface area contributed by atoms with E-state index in [0.29, 0.717) is 6.41 Å². The van der Waals surface area contributed by atoms with Crippen molar-refractivity contribution >= 4 is 39.4 Å². The topological polar surface area (TPSA) is 42.0 Å². The highest BCUT2D eigenvalue weighted by Gasteiger charge is 2.17. The first-order valence-electron chi connectivity index (χ1n) is 5.47. The summed E-state index contributed by atoms with van der Waals surface area (Å²) in [7, 11) is 0. The first kappa shape index (κ1) is 13.2. The maximum Gasteiger partial charge on any atom is 0.211 e. The molecule has 0 unspecified atom stereocenters. The van der Waals surface area contributed by atoms with Gasteiger partial charge in [0.25, 0.3) is 0 Å². The van der Waals surface area contributed by atoms with Crippen molar-refractivity contribution in [3.63, 3.8) is 0 Å². The van der Waals surface area contributed by atoms with Crippen molar-refractivity contribution in [3.05, 3.63) is 32.2 Å². The third-order valence-corrected chi connectivity index (χ3v) is 4.63. The maximum absolute atomic E-state index is 10.8. The van der Waals surface area contributed by atoms with Crippen molar-refractivity contribution in [2.24, 2.45) is 0 Å². The number of aryl methyl sites for hydroxylation is 3. The lowest BCUT2D eigenvalue weighted by Gasteiger charge is -2.15. The molecule has 0 atom stereocenters. The van der Waals surface area contributed by atoms with Gasteiger partial charge in [0, 0.05) is 14.9 Å². The van der Waals surface area contributed by atoms with E-state index in [-0.39, 0.29) is 0 Å². The second-order valence-electron chi connectivity index (χ2n) is 4.00. The number of rotatable bonds is 3. The summed E-state index contributed by atoms with van der Waals surface area (Å²) in [6.07, 6.45) is 0.691. The second kappa shape index (κ2) is 5.20. The molecule has 2 heterocycles. The van der Waals surface area contributed by atoms with Gasteiger partial charge in [-0.25, -0.2) is 0 Å². The number of carbonyl (C=O) groups excluding carboxylic acids is 1. The molecule has 94 valence electrons. The normalized spacial score (nSPS) is 10.4. The minimum absolute atomic E-state index is 0.691.